The van der Waals surface area contributed by atoms with Crippen LogP contribution in [0.3, 0.4) is 0 Å². The van der Waals surface area contributed by atoms with E-state index in [4.69, 9.17) is 34.8 Å². The zero-order chi connectivity index (χ0) is 21.2. The minimum absolute atomic E-state index is 0.138. The first-order valence-electron chi connectivity index (χ1n) is 9.15. The summed E-state index contributed by atoms with van der Waals surface area (Å²) < 4.78 is 27.2. The Morgan fingerprint density at radius 3 is 2.66 bits per heavy atom. The van der Waals surface area contributed by atoms with Gasteiger partial charge >= 0.3 is 0 Å². The second-order valence-electron chi connectivity index (χ2n) is 7.09. The Labute approximate surface area is 186 Å². The molecule has 1 amide bonds. The van der Waals surface area contributed by atoms with Crippen LogP contribution in [-0.2, 0) is 20.6 Å². The van der Waals surface area contributed by atoms with Crippen molar-refractivity contribution in [1.29, 1.82) is 0 Å². The van der Waals surface area contributed by atoms with Crippen LogP contribution in [0.4, 0.5) is 5.69 Å². The lowest BCUT2D eigenvalue weighted by Gasteiger charge is -2.31. The lowest BCUT2D eigenvalue weighted by molar-refractivity contribution is -0.120. The first kappa shape index (κ1) is 22.4. The number of carbonyl (C=O) groups excluding carboxylic acids is 1. The van der Waals surface area contributed by atoms with Gasteiger partial charge in [-0.25, -0.2) is 12.7 Å². The quantitative estimate of drug-likeness (QED) is 0.651. The molecule has 0 saturated carbocycles. The maximum Gasteiger partial charge on any atom is 0.228 e. The fourth-order valence-electron chi connectivity index (χ4n) is 3.31. The summed E-state index contributed by atoms with van der Waals surface area (Å²) in [7, 11) is -3.62. The topological polar surface area (TPSA) is 66.5 Å². The highest BCUT2D eigenvalue weighted by molar-refractivity contribution is 7.88. The number of piperidine rings is 1. The van der Waals surface area contributed by atoms with Crippen molar-refractivity contribution in [2.45, 2.75) is 25.5 Å². The van der Waals surface area contributed by atoms with E-state index >= 15 is 0 Å². The van der Waals surface area contributed by atoms with Crippen molar-refractivity contribution in [1.82, 2.24) is 4.31 Å². The molecule has 2 aromatic carbocycles. The van der Waals surface area contributed by atoms with Gasteiger partial charge in [0.1, 0.15) is 0 Å². The van der Waals surface area contributed by atoms with Gasteiger partial charge in [0.15, 0.2) is 0 Å². The van der Waals surface area contributed by atoms with Crippen LogP contribution >= 0.6 is 34.8 Å². The van der Waals surface area contributed by atoms with Crippen LogP contribution in [-0.4, -0.2) is 31.7 Å². The Morgan fingerprint density at radius 2 is 1.93 bits per heavy atom. The average molecular weight is 476 g/mol. The van der Waals surface area contributed by atoms with E-state index in [1.54, 1.807) is 30.3 Å². The van der Waals surface area contributed by atoms with E-state index in [9.17, 15) is 13.2 Å². The molecule has 3 rings (SSSR count). The highest BCUT2D eigenvalue weighted by atomic mass is 35.5. The Balaban J connectivity index is 1.70. The molecular weight excluding hydrogens is 455 g/mol. The molecule has 1 aliphatic heterocycles. The Bertz CT molecular complexity index is 1030. The summed E-state index contributed by atoms with van der Waals surface area (Å²) in [6.07, 6.45) is 1.24. The summed E-state index contributed by atoms with van der Waals surface area (Å²) in [5.41, 5.74) is 1.90. The number of nitrogens with zero attached hydrogens (tertiary/aromatic N) is 1. The third kappa shape index (κ3) is 5.44. The van der Waals surface area contributed by atoms with Gasteiger partial charge in [-0.1, -0.05) is 46.9 Å². The van der Waals surface area contributed by atoms with Crippen LogP contribution in [0.5, 0.6) is 0 Å². The van der Waals surface area contributed by atoms with Crippen molar-refractivity contribution >= 4 is 56.4 Å². The molecule has 1 atom stereocenters. The maximum absolute atomic E-state index is 12.9. The molecule has 1 saturated heterocycles. The molecule has 0 spiro atoms. The van der Waals surface area contributed by atoms with E-state index in [2.05, 4.69) is 5.32 Å². The van der Waals surface area contributed by atoms with E-state index < -0.39 is 15.9 Å². The van der Waals surface area contributed by atoms with Gasteiger partial charge in [-0.05, 0) is 55.2 Å². The maximum atomic E-state index is 12.9. The number of rotatable bonds is 5. The van der Waals surface area contributed by atoms with Crippen molar-refractivity contribution < 1.29 is 13.2 Å². The lowest BCUT2D eigenvalue weighted by Crippen LogP contribution is -2.44. The number of amides is 1. The molecular formula is C20H21Cl3N2O3S. The van der Waals surface area contributed by atoms with E-state index in [1.165, 1.54) is 10.4 Å². The van der Waals surface area contributed by atoms with Gasteiger partial charge in [-0.2, -0.15) is 0 Å². The minimum atomic E-state index is -3.62. The predicted octanol–water partition coefficient (Wildman–Crippen LogP) is 5.14. The fraction of sp³-hybridized carbons (Fsp3) is 0.350. The van der Waals surface area contributed by atoms with Gasteiger partial charge in [-0.3, -0.25) is 4.79 Å². The van der Waals surface area contributed by atoms with Crippen molar-refractivity contribution in [2.24, 2.45) is 5.92 Å². The number of hydrogen-bond acceptors (Lipinski definition) is 3. The predicted molar refractivity (Wildman–Crippen MR) is 118 cm³/mol. The number of halogens is 3. The van der Waals surface area contributed by atoms with Gasteiger partial charge in [0, 0.05) is 33.8 Å². The van der Waals surface area contributed by atoms with Gasteiger partial charge < -0.3 is 5.32 Å². The third-order valence-corrected chi connectivity index (χ3v) is 7.82. The van der Waals surface area contributed by atoms with Crippen LogP contribution in [0.15, 0.2) is 36.4 Å². The molecule has 0 aliphatic carbocycles. The summed E-state index contributed by atoms with van der Waals surface area (Å²) in [6, 6.07) is 10.0. The summed E-state index contributed by atoms with van der Waals surface area (Å²) in [4.78, 5) is 12.7. The van der Waals surface area contributed by atoms with Crippen LogP contribution in [0.2, 0.25) is 15.1 Å². The van der Waals surface area contributed by atoms with Gasteiger partial charge in [0.2, 0.25) is 15.9 Å². The Hall–Kier alpha value is -1.31. The third-order valence-electron chi connectivity index (χ3n) is 5.03. The van der Waals surface area contributed by atoms with E-state index in [-0.39, 0.29) is 18.2 Å². The molecule has 1 fully saturated rings. The molecule has 9 heteroatoms. The highest BCUT2D eigenvalue weighted by Crippen LogP contribution is 2.28. The molecule has 2 aromatic rings. The minimum Gasteiger partial charge on any atom is -0.326 e. The largest absolute Gasteiger partial charge is 0.326 e. The van der Waals surface area contributed by atoms with Crippen molar-refractivity contribution in [3.63, 3.8) is 0 Å². The van der Waals surface area contributed by atoms with Gasteiger partial charge in [-0.15, -0.1) is 0 Å². The SMILES string of the molecule is Cc1c(Cl)cccc1NC(=O)[C@H]1CCCN(S(=O)(=O)Cc2ccc(Cl)cc2Cl)C1. The van der Waals surface area contributed by atoms with Crippen LogP contribution < -0.4 is 5.32 Å². The van der Waals surface area contributed by atoms with Crippen LogP contribution in [0.1, 0.15) is 24.0 Å². The normalized spacial score (nSPS) is 17.9. The summed E-state index contributed by atoms with van der Waals surface area (Å²) in [5.74, 6) is -0.873. The number of anilines is 1. The first-order valence-corrected chi connectivity index (χ1v) is 11.9. The summed E-state index contributed by atoms with van der Waals surface area (Å²) >= 11 is 18.1. The number of nitrogens with one attached hydrogen (secondary N) is 1. The Kier molecular flexibility index (Phi) is 7.12. The molecule has 156 valence electrons. The molecule has 0 radical (unpaired) electrons. The highest BCUT2D eigenvalue weighted by Gasteiger charge is 2.33. The van der Waals surface area contributed by atoms with E-state index in [0.29, 0.717) is 45.7 Å². The van der Waals surface area contributed by atoms with Crippen molar-refractivity contribution in [3.8, 4) is 0 Å². The van der Waals surface area contributed by atoms with Gasteiger partial charge in [0.05, 0.1) is 11.7 Å². The lowest BCUT2D eigenvalue weighted by atomic mass is 9.98. The summed E-state index contributed by atoms with van der Waals surface area (Å²) in [5, 5.41) is 4.20. The second-order valence-corrected chi connectivity index (χ2v) is 10.3. The molecule has 0 unspecified atom stereocenters. The van der Waals surface area contributed by atoms with Gasteiger partial charge in [0.25, 0.3) is 0 Å². The zero-order valence-electron chi connectivity index (χ0n) is 15.8. The molecule has 1 heterocycles. The number of sulfonamides is 1. The fourth-order valence-corrected chi connectivity index (χ4v) is 5.68. The Morgan fingerprint density at radius 1 is 1.17 bits per heavy atom. The van der Waals surface area contributed by atoms with Crippen LogP contribution in [0, 0.1) is 12.8 Å². The van der Waals surface area contributed by atoms with E-state index in [1.807, 2.05) is 6.92 Å². The molecule has 1 N–H and O–H groups in total. The number of hydrogen-bond donors (Lipinski definition) is 1. The molecule has 5 nitrogen and oxygen atoms in total. The number of benzene rings is 2. The summed E-state index contributed by atoms with van der Waals surface area (Å²) in [6.45, 7) is 2.35. The second kappa shape index (κ2) is 9.23. The average Bonchev–Trinajstić information content (AvgIpc) is 2.68. The first-order chi connectivity index (χ1) is 13.7. The smallest absolute Gasteiger partial charge is 0.228 e. The van der Waals surface area contributed by atoms with Crippen molar-refractivity contribution in [2.75, 3.05) is 18.4 Å². The standard InChI is InChI=1S/C20H21Cl3N2O3S/c1-13-17(22)5-2-6-19(13)24-20(26)14-4-3-9-25(11-14)29(27,28)12-15-7-8-16(21)10-18(15)23/h2,5-8,10,14H,3-4,9,11-12H2,1H3,(H,24,26)/t14-/m0/s1. The molecule has 29 heavy (non-hydrogen) atoms. The zero-order valence-corrected chi connectivity index (χ0v) is 18.9. The van der Waals surface area contributed by atoms with Crippen molar-refractivity contribution in [3.05, 3.63) is 62.6 Å². The van der Waals surface area contributed by atoms with E-state index in [0.717, 1.165) is 5.56 Å². The number of carbonyl (C=O) groups is 1. The monoisotopic (exact) mass is 474 g/mol. The molecule has 1 aliphatic rings. The molecule has 0 bridgehead atoms. The molecule has 0 aromatic heterocycles. The van der Waals surface area contributed by atoms with Crippen LogP contribution in [0.25, 0.3) is 0 Å².